The highest BCUT2D eigenvalue weighted by Crippen LogP contribution is 2.17. The second kappa shape index (κ2) is 8.02. The van der Waals surface area contributed by atoms with E-state index in [1.54, 1.807) is 0 Å². The number of benzene rings is 2. The maximum Gasteiger partial charge on any atom is 0.263 e. The number of hydrogen-bond donors (Lipinski definition) is 0. The first-order valence-corrected chi connectivity index (χ1v) is 9.75. The first kappa shape index (κ1) is 18.5. The van der Waals surface area contributed by atoms with Crippen LogP contribution in [0.25, 0.3) is 11.0 Å². The fourth-order valence-electron chi connectivity index (χ4n) is 3.67. The summed E-state index contributed by atoms with van der Waals surface area (Å²) in [6.07, 6.45) is -0.478. The van der Waals surface area contributed by atoms with E-state index in [2.05, 4.69) is 22.6 Å². The number of aryl methyl sites for hydroxylation is 1. The van der Waals surface area contributed by atoms with E-state index in [0.717, 1.165) is 42.2 Å². The van der Waals surface area contributed by atoms with E-state index in [-0.39, 0.29) is 5.91 Å². The fourth-order valence-corrected chi connectivity index (χ4v) is 3.67. The molecule has 6 heteroatoms. The van der Waals surface area contributed by atoms with Gasteiger partial charge in [0, 0.05) is 33.2 Å². The van der Waals surface area contributed by atoms with Gasteiger partial charge in [0.05, 0.1) is 17.6 Å². The number of carbonyl (C=O) groups is 1. The molecule has 6 nitrogen and oxygen atoms in total. The van der Waals surface area contributed by atoms with Crippen molar-refractivity contribution in [3.8, 4) is 5.75 Å². The molecule has 3 aromatic rings. The molecule has 0 saturated carbocycles. The first-order chi connectivity index (χ1) is 13.6. The van der Waals surface area contributed by atoms with Crippen LogP contribution >= 0.6 is 0 Å². The van der Waals surface area contributed by atoms with Crippen LogP contribution in [0.15, 0.2) is 54.6 Å². The molecule has 2 heterocycles. The average molecular weight is 378 g/mol. The van der Waals surface area contributed by atoms with Gasteiger partial charge in [0.1, 0.15) is 11.6 Å². The molecular weight excluding hydrogens is 352 g/mol. The quantitative estimate of drug-likeness (QED) is 0.685. The summed E-state index contributed by atoms with van der Waals surface area (Å²) in [7, 11) is 2.06. The Labute approximate surface area is 165 Å². The minimum Gasteiger partial charge on any atom is -0.481 e. The molecule has 1 saturated heterocycles. The molecular formula is C22H26N4O2. The predicted octanol–water partition coefficient (Wildman–Crippen LogP) is 2.69. The molecule has 0 radical (unpaired) electrons. The number of piperazine rings is 1. The number of rotatable bonds is 5. The summed E-state index contributed by atoms with van der Waals surface area (Å²) >= 11 is 0. The number of nitrogens with zero attached hydrogens (tertiary/aromatic N) is 4. The Morgan fingerprint density at radius 1 is 1.04 bits per heavy atom. The third-order valence-corrected chi connectivity index (χ3v) is 5.33. The predicted molar refractivity (Wildman–Crippen MR) is 109 cm³/mol. The van der Waals surface area contributed by atoms with Gasteiger partial charge in [0.25, 0.3) is 5.91 Å². The third kappa shape index (κ3) is 3.87. The molecule has 0 N–H and O–H groups in total. The molecule has 1 aliphatic heterocycles. The maximum absolute atomic E-state index is 12.7. The molecule has 0 bridgehead atoms. The van der Waals surface area contributed by atoms with E-state index in [0.29, 0.717) is 13.1 Å². The zero-order valence-corrected chi connectivity index (χ0v) is 16.4. The SMILES string of the molecule is C[C@H](Oc1ccccc1)C(=O)N1CCN(Cc2nc3ccccc3n2C)CC1. The molecule has 146 valence electrons. The number of aromatic nitrogens is 2. The largest absolute Gasteiger partial charge is 0.481 e. The zero-order chi connectivity index (χ0) is 19.5. The van der Waals surface area contributed by atoms with Crippen LogP contribution in [0.2, 0.25) is 0 Å². The average Bonchev–Trinajstić information content (AvgIpc) is 3.04. The van der Waals surface area contributed by atoms with Gasteiger partial charge in [-0.25, -0.2) is 4.98 Å². The van der Waals surface area contributed by atoms with Gasteiger partial charge in [-0.15, -0.1) is 0 Å². The van der Waals surface area contributed by atoms with Crippen molar-refractivity contribution in [2.24, 2.45) is 7.05 Å². The molecule has 0 unspecified atom stereocenters. The Balaban J connectivity index is 1.32. The number of ether oxygens (including phenoxy) is 1. The number of carbonyl (C=O) groups excluding carboxylic acids is 1. The fraction of sp³-hybridized carbons (Fsp3) is 0.364. The van der Waals surface area contributed by atoms with Gasteiger partial charge in [-0.2, -0.15) is 0 Å². The van der Waals surface area contributed by atoms with Gasteiger partial charge in [-0.3, -0.25) is 9.69 Å². The highest BCUT2D eigenvalue weighted by atomic mass is 16.5. The summed E-state index contributed by atoms with van der Waals surface area (Å²) in [5.41, 5.74) is 2.18. The van der Waals surface area contributed by atoms with E-state index < -0.39 is 6.10 Å². The normalized spacial score (nSPS) is 16.3. The Bertz CT molecular complexity index is 946. The number of hydrogen-bond acceptors (Lipinski definition) is 4. The van der Waals surface area contributed by atoms with E-state index >= 15 is 0 Å². The molecule has 1 fully saturated rings. The first-order valence-electron chi connectivity index (χ1n) is 9.75. The van der Waals surface area contributed by atoms with Crippen LogP contribution < -0.4 is 4.74 Å². The summed E-state index contributed by atoms with van der Waals surface area (Å²) in [6, 6.07) is 17.7. The van der Waals surface area contributed by atoms with Gasteiger partial charge in [-0.1, -0.05) is 30.3 Å². The molecule has 0 spiro atoms. The monoisotopic (exact) mass is 378 g/mol. The van der Waals surface area contributed by atoms with Gasteiger partial charge >= 0.3 is 0 Å². The second-order valence-electron chi connectivity index (χ2n) is 7.25. The summed E-state index contributed by atoms with van der Waals surface area (Å²) in [5, 5.41) is 0. The topological polar surface area (TPSA) is 50.6 Å². The van der Waals surface area contributed by atoms with Crippen LogP contribution in [0.4, 0.5) is 0 Å². The number of para-hydroxylation sites is 3. The third-order valence-electron chi connectivity index (χ3n) is 5.33. The number of imidazole rings is 1. The minimum atomic E-state index is -0.478. The van der Waals surface area contributed by atoms with Crippen molar-refractivity contribution in [3.05, 3.63) is 60.4 Å². The highest BCUT2D eigenvalue weighted by Gasteiger charge is 2.26. The van der Waals surface area contributed by atoms with E-state index in [1.165, 1.54) is 0 Å². The number of fused-ring (bicyclic) bond motifs is 1. The van der Waals surface area contributed by atoms with Crippen LogP contribution in [-0.2, 0) is 18.4 Å². The Morgan fingerprint density at radius 2 is 1.71 bits per heavy atom. The Kier molecular flexibility index (Phi) is 5.30. The van der Waals surface area contributed by atoms with Crippen molar-refractivity contribution in [1.82, 2.24) is 19.4 Å². The zero-order valence-electron chi connectivity index (χ0n) is 16.4. The number of amides is 1. The lowest BCUT2D eigenvalue weighted by atomic mass is 10.2. The highest BCUT2D eigenvalue weighted by molar-refractivity contribution is 5.81. The van der Waals surface area contributed by atoms with Gasteiger partial charge in [-0.05, 0) is 31.2 Å². The lowest BCUT2D eigenvalue weighted by Crippen LogP contribution is -2.51. The summed E-state index contributed by atoms with van der Waals surface area (Å²) in [6.45, 7) is 5.72. The summed E-state index contributed by atoms with van der Waals surface area (Å²) in [4.78, 5) is 21.7. The van der Waals surface area contributed by atoms with Gasteiger partial charge in [0.15, 0.2) is 6.10 Å². The Hall–Kier alpha value is -2.86. The van der Waals surface area contributed by atoms with Crippen molar-refractivity contribution in [1.29, 1.82) is 0 Å². The van der Waals surface area contributed by atoms with Crippen molar-refractivity contribution in [2.45, 2.75) is 19.6 Å². The molecule has 1 amide bonds. The van der Waals surface area contributed by atoms with E-state index in [1.807, 2.05) is 60.4 Å². The minimum absolute atomic E-state index is 0.0474. The van der Waals surface area contributed by atoms with Crippen LogP contribution in [0.3, 0.4) is 0 Å². The molecule has 1 atom stereocenters. The molecule has 0 aliphatic carbocycles. The van der Waals surface area contributed by atoms with Gasteiger partial charge < -0.3 is 14.2 Å². The smallest absolute Gasteiger partial charge is 0.263 e. The molecule has 28 heavy (non-hydrogen) atoms. The standard InChI is InChI=1S/C22H26N4O2/c1-17(28-18-8-4-3-5-9-18)22(27)26-14-12-25(13-15-26)16-21-23-19-10-6-7-11-20(19)24(21)2/h3-11,17H,12-16H2,1-2H3/t17-/m0/s1. The van der Waals surface area contributed by atoms with Crippen molar-refractivity contribution < 1.29 is 9.53 Å². The van der Waals surface area contributed by atoms with Gasteiger partial charge in [0.2, 0.25) is 0 Å². The van der Waals surface area contributed by atoms with Crippen molar-refractivity contribution in [2.75, 3.05) is 26.2 Å². The van der Waals surface area contributed by atoms with Crippen LogP contribution in [0.5, 0.6) is 5.75 Å². The van der Waals surface area contributed by atoms with Crippen LogP contribution in [0.1, 0.15) is 12.7 Å². The van der Waals surface area contributed by atoms with E-state index in [9.17, 15) is 4.79 Å². The molecule has 1 aromatic heterocycles. The van der Waals surface area contributed by atoms with Crippen LogP contribution in [-0.4, -0.2) is 57.5 Å². The lowest BCUT2D eigenvalue weighted by molar-refractivity contribution is -0.139. The van der Waals surface area contributed by atoms with Crippen molar-refractivity contribution >= 4 is 16.9 Å². The van der Waals surface area contributed by atoms with E-state index in [4.69, 9.17) is 9.72 Å². The van der Waals surface area contributed by atoms with Crippen molar-refractivity contribution in [3.63, 3.8) is 0 Å². The molecule has 4 rings (SSSR count). The summed E-state index contributed by atoms with van der Waals surface area (Å²) < 4.78 is 7.94. The second-order valence-corrected chi connectivity index (χ2v) is 7.25. The molecule has 1 aliphatic rings. The maximum atomic E-state index is 12.7. The summed E-state index contributed by atoms with van der Waals surface area (Å²) in [5.74, 6) is 1.83. The van der Waals surface area contributed by atoms with Crippen LogP contribution in [0, 0.1) is 0 Å². The molecule has 2 aromatic carbocycles. The Morgan fingerprint density at radius 3 is 2.43 bits per heavy atom. The lowest BCUT2D eigenvalue weighted by Gasteiger charge is -2.35.